The summed E-state index contributed by atoms with van der Waals surface area (Å²) in [5, 5.41) is 20.3. The summed E-state index contributed by atoms with van der Waals surface area (Å²) in [6.45, 7) is 9.16. The maximum absolute atomic E-state index is 10.2. The van der Waals surface area contributed by atoms with Gasteiger partial charge in [-0.25, -0.2) is 0 Å². The Balaban J connectivity index is 2.56. The van der Waals surface area contributed by atoms with Crippen molar-refractivity contribution in [2.24, 2.45) is 0 Å². The van der Waals surface area contributed by atoms with Crippen molar-refractivity contribution in [3.05, 3.63) is 17.0 Å². The summed E-state index contributed by atoms with van der Waals surface area (Å²) in [4.78, 5) is 1.28. The molecule has 0 radical (unpaired) electrons. The summed E-state index contributed by atoms with van der Waals surface area (Å²) >= 11 is 1.59. The van der Waals surface area contributed by atoms with Gasteiger partial charge in [-0.05, 0) is 46.6 Å². The normalized spacial score (nSPS) is 12.7. The lowest BCUT2D eigenvalue weighted by Gasteiger charge is -2.38. The second kappa shape index (κ2) is 7.77. The molecule has 0 unspecified atom stereocenters. The van der Waals surface area contributed by atoms with Crippen LogP contribution in [0.1, 0.15) is 65.2 Å². The topological polar surface area (TPSA) is 49.7 Å². The fourth-order valence-corrected chi connectivity index (χ4v) is 2.84. The van der Waals surface area contributed by atoms with Gasteiger partial charge in [-0.1, -0.05) is 32.3 Å². The highest BCUT2D eigenvalue weighted by atomic mass is 32.1. The smallest absolute Gasteiger partial charge is 0.423 e. The predicted molar refractivity (Wildman–Crippen MR) is 91.2 cm³/mol. The molecule has 0 fully saturated rings. The van der Waals surface area contributed by atoms with E-state index in [9.17, 15) is 10.1 Å². The van der Waals surface area contributed by atoms with Gasteiger partial charge < -0.3 is 14.8 Å². The van der Waals surface area contributed by atoms with E-state index in [2.05, 4.69) is 13.0 Å². The zero-order valence-electron chi connectivity index (χ0n) is 14.0. The molecule has 0 saturated heterocycles. The second-order valence-electron chi connectivity index (χ2n) is 6.65. The first-order chi connectivity index (χ1) is 9.67. The zero-order chi connectivity index (χ0) is 16.1. The lowest BCUT2D eigenvalue weighted by atomic mass is 9.82. The molecule has 0 aliphatic rings. The van der Waals surface area contributed by atoms with Crippen molar-refractivity contribution in [2.75, 3.05) is 0 Å². The van der Waals surface area contributed by atoms with Crippen LogP contribution in [-0.4, -0.2) is 28.5 Å². The number of thiophene rings is 1. The average Bonchev–Trinajstić information content (AvgIpc) is 2.81. The van der Waals surface area contributed by atoms with E-state index in [4.69, 9.17) is 4.65 Å². The molecular weight excluding hydrogens is 283 g/mol. The van der Waals surface area contributed by atoms with Crippen molar-refractivity contribution < 1.29 is 14.8 Å². The van der Waals surface area contributed by atoms with Crippen molar-refractivity contribution in [1.29, 1.82) is 0 Å². The Kier molecular flexibility index (Phi) is 6.92. The number of unbranched alkanes of at least 4 members (excludes halogenated alkanes) is 3. The van der Waals surface area contributed by atoms with E-state index >= 15 is 0 Å². The molecule has 1 rings (SSSR count). The van der Waals surface area contributed by atoms with E-state index in [0.717, 1.165) is 11.2 Å². The first kappa shape index (κ1) is 18.7. The molecule has 1 aromatic rings. The molecule has 0 spiro atoms. The Bertz CT molecular complexity index is 423. The minimum atomic E-state index is -1.02. The zero-order valence-corrected chi connectivity index (χ0v) is 14.8. The van der Waals surface area contributed by atoms with Gasteiger partial charge in [-0.3, -0.25) is 0 Å². The average molecular weight is 312 g/mol. The van der Waals surface area contributed by atoms with Gasteiger partial charge in [0.25, 0.3) is 0 Å². The SMILES string of the molecule is CCCCCCc1ccc(B(O)OC(C)(C)C(C)(C)O)s1. The minimum absolute atomic E-state index is 0.804. The molecule has 0 saturated carbocycles. The maximum Gasteiger partial charge on any atom is 0.502 e. The third-order valence-corrected chi connectivity index (χ3v) is 5.26. The van der Waals surface area contributed by atoms with E-state index in [1.807, 2.05) is 6.07 Å². The van der Waals surface area contributed by atoms with E-state index in [1.165, 1.54) is 30.6 Å². The van der Waals surface area contributed by atoms with E-state index < -0.39 is 18.3 Å². The molecule has 21 heavy (non-hydrogen) atoms. The Morgan fingerprint density at radius 2 is 1.81 bits per heavy atom. The van der Waals surface area contributed by atoms with Crippen molar-refractivity contribution in [3.8, 4) is 0 Å². The fraction of sp³-hybridized carbons (Fsp3) is 0.750. The summed E-state index contributed by atoms with van der Waals surface area (Å²) in [7, 11) is -0.985. The second-order valence-corrected chi connectivity index (χ2v) is 7.85. The first-order valence-corrected chi connectivity index (χ1v) is 8.66. The number of aryl methyl sites for hydroxylation is 1. The molecule has 0 atom stereocenters. The van der Waals surface area contributed by atoms with Crippen LogP contribution in [0.5, 0.6) is 0 Å². The molecule has 3 nitrogen and oxygen atoms in total. The van der Waals surface area contributed by atoms with E-state index in [0.29, 0.717) is 0 Å². The molecule has 0 bridgehead atoms. The quantitative estimate of drug-likeness (QED) is 0.544. The summed E-state index contributed by atoms with van der Waals surface area (Å²) in [5.41, 5.74) is -1.84. The summed E-state index contributed by atoms with van der Waals surface area (Å²) < 4.78 is 6.46. The van der Waals surface area contributed by atoms with Crippen molar-refractivity contribution in [2.45, 2.75) is 77.9 Å². The molecule has 2 N–H and O–H groups in total. The van der Waals surface area contributed by atoms with Gasteiger partial charge in [0.05, 0.1) is 11.2 Å². The molecule has 0 aliphatic heterocycles. The van der Waals surface area contributed by atoms with Crippen LogP contribution in [-0.2, 0) is 11.1 Å². The summed E-state index contributed by atoms with van der Waals surface area (Å²) in [6, 6.07) is 3.99. The maximum atomic E-state index is 10.2. The Morgan fingerprint density at radius 3 is 2.38 bits per heavy atom. The third kappa shape index (κ3) is 5.74. The van der Waals surface area contributed by atoms with Gasteiger partial charge in [0, 0.05) is 9.65 Å². The number of hydrogen-bond acceptors (Lipinski definition) is 4. The predicted octanol–water partition coefficient (Wildman–Crippen LogP) is 3.12. The van der Waals surface area contributed by atoms with E-state index in [1.54, 1.807) is 39.0 Å². The third-order valence-electron chi connectivity index (χ3n) is 4.08. The highest BCUT2D eigenvalue weighted by Crippen LogP contribution is 2.25. The molecule has 0 aliphatic carbocycles. The highest BCUT2D eigenvalue weighted by Gasteiger charge is 2.39. The Labute approximate surface area is 133 Å². The van der Waals surface area contributed by atoms with Crippen LogP contribution in [0, 0.1) is 0 Å². The molecule has 5 heteroatoms. The number of hydrogen-bond donors (Lipinski definition) is 2. The van der Waals surface area contributed by atoms with Crippen molar-refractivity contribution >= 4 is 23.2 Å². The van der Waals surface area contributed by atoms with Gasteiger partial charge in [0.1, 0.15) is 0 Å². The summed E-state index contributed by atoms with van der Waals surface area (Å²) in [6.07, 6.45) is 6.04. The van der Waals surface area contributed by atoms with Crippen LogP contribution in [0.4, 0.5) is 0 Å². The molecule has 0 aromatic carbocycles. The lowest BCUT2D eigenvalue weighted by Crippen LogP contribution is -2.52. The first-order valence-electron chi connectivity index (χ1n) is 7.84. The summed E-state index contributed by atoms with van der Waals surface area (Å²) in [5.74, 6) is 0. The van der Waals surface area contributed by atoms with Gasteiger partial charge >= 0.3 is 7.12 Å². The molecule has 0 amide bonds. The van der Waals surface area contributed by atoms with Gasteiger partial charge in [-0.15, -0.1) is 11.3 Å². The Hall–Kier alpha value is -0.355. The van der Waals surface area contributed by atoms with Gasteiger partial charge in [0.15, 0.2) is 0 Å². The Morgan fingerprint density at radius 1 is 1.14 bits per heavy atom. The van der Waals surface area contributed by atoms with Crippen molar-refractivity contribution in [1.82, 2.24) is 0 Å². The highest BCUT2D eigenvalue weighted by molar-refractivity contribution is 7.22. The van der Waals surface area contributed by atoms with Crippen LogP contribution in [0.25, 0.3) is 0 Å². The van der Waals surface area contributed by atoms with Crippen LogP contribution >= 0.6 is 11.3 Å². The van der Waals surface area contributed by atoms with Gasteiger partial charge in [-0.2, -0.15) is 0 Å². The van der Waals surface area contributed by atoms with Crippen LogP contribution in [0.15, 0.2) is 12.1 Å². The minimum Gasteiger partial charge on any atom is -0.423 e. The molecular formula is C16H29BO3S. The largest absolute Gasteiger partial charge is 0.502 e. The van der Waals surface area contributed by atoms with Crippen molar-refractivity contribution in [3.63, 3.8) is 0 Å². The molecule has 1 aromatic heterocycles. The number of aliphatic hydroxyl groups is 1. The molecule has 1 heterocycles. The lowest BCUT2D eigenvalue weighted by molar-refractivity contribution is -0.0981. The fourth-order valence-electron chi connectivity index (χ4n) is 1.87. The standard InChI is InChI=1S/C16H29BO3S/c1-6-7-8-9-10-13-11-12-14(21-13)17(19)20-16(4,5)15(2,3)18/h11-12,18-19H,6-10H2,1-5H3. The molecule has 120 valence electrons. The van der Waals surface area contributed by atoms with E-state index in [-0.39, 0.29) is 0 Å². The number of rotatable bonds is 9. The van der Waals surface area contributed by atoms with Crippen LogP contribution < -0.4 is 4.78 Å². The van der Waals surface area contributed by atoms with Crippen LogP contribution in [0.2, 0.25) is 0 Å². The van der Waals surface area contributed by atoms with Gasteiger partial charge in [0.2, 0.25) is 0 Å². The van der Waals surface area contributed by atoms with Crippen LogP contribution in [0.3, 0.4) is 0 Å². The monoisotopic (exact) mass is 312 g/mol.